The number of benzene rings is 1. The highest BCUT2D eigenvalue weighted by Gasteiger charge is 2.08. The second-order valence-corrected chi connectivity index (χ2v) is 2.98. The summed E-state index contributed by atoms with van der Waals surface area (Å²) in [6.07, 6.45) is 0.796. The molecule has 0 aliphatic rings. The van der Waals surface area contributed by atoms with E-state index in [0.717, 1.165) is 24.2 Å². The lowest BCUT2D eigenvalue weighted by Crippen LogP contribution is -2.01. The predicted octanol–water partition coefficient (Wildman–Crippen LogP) is 2.59. The Bertz CT molecular complexity index is 337. The minimum absolute atomic E-state index is 0.156. The van der Waals surface area contributed by atoms with Crippen LogP contribution in [0.25, 0.3) is 0 Å². The van der Waals surface area contributed by atoms with Gasteiger partial charge in [-0.2, -0.15) is 0 Å². The maximum Gasteiger partial charge on any atom is 0.269 e. The van der Waals surface area contributed by atoms with E-state index in [0.29, 0.717) is 0 Å². The Kier molecular flexibility index (Phi) is 3.45. The minimum atomic E-state index is -0.366. The van der Waals surface area contributed by atoms with E-state index in [1.54, 1.807) is 12.1 Å². The van der Waals surface area contributed by atoms with Crippen LogP contribution in [0, 0.1) is 10.1 Å². The molecule has 0 heterocycles. The fraction of sp³-hybridized carbons (Fsp3) is 0.400. The summed E-state index contributed by atoms with van der Waals surface area (Å²) in [6.45, 7) is 4.81. The van der Waals surface area contributed by atoms with Gasteiger partial charge in [0, 0.05) is 24.4 Å². The van der Waals surface area contributed by atoms with Crippen LogP contribution in [0.5, 0.6) is 0 Å². The number of aryl methyl sites for hydroxylation is 1. The molecule has 14 heavy (non-hydrogen) atoms. The summed E-state index contributed by atoms with van der Waals surface area (Å²) in [7, 11) is 0. The first-order valence-electron chi connectivity index (χ1n) is 4.70. The molecule has 0 saturated carbocycles. The maximum absolute atomic E-state index is 10.5. The molecular weight excluding hydrogens is 180 g/mol. The SMILES string of the molecule is CCNc1ccc([N+](=O)[O-])cc1CC. The van der Waals surface area contributed by atoms with Crippen molar-refractivity contribution in [1.82, 2.24) is 0 Å². The molecule has 0 amide bonds. The molecule has 0 aromatic heterocycles. The zero-order valence-corrected chi connectivity index (χ0v) is 8.41. The first-order chi connectivity index (χ1) is 6.69. The lowest BCUT2D eigenvalue weighted by Gasteiger charge is -2.08. The van der Waals surface area contributed by atoms with Crippen molar-refractivity contribution < 1.29 is 4.92 Å². The second-order valence-electron chi connectivity index (χ2n) is 2.98. The predicted molar refractivity (Wildman–Crippen MR) is 56.6 cm³/mol. The highest BCUT2D eigenvalue weighted by molar-refractivity contribution is 5.55. The molecule has 0 unspecified atom stereocenters. The van der Waals surface area contributed by atoms with Crippen molar-refractivity contribution in [2.24, 2.45) is 0 Å². The lowest BCUT2D eigenvalue weighted by atomic mass is 10.1. The quantitative estimate of drug-likeness (QED) is 0.592. The second kappa shape index (κ2) is 4.60. The molecule has 76 valence electrons. The van der Waals surface area contributed by atoms with Crippen LogP contribution in [0.3, 0.4) is 0 Å². The van der Waals surface area contributed by atoms with Crippen LogP contribution in [0.4, 0.5) is 11.4 Å². The van der Waals surface area contributed by atoms with Crippen molar-refractivity contribution in [1.29, 1.82) is 0 Å². The summed E-state index contributed by atoms with van der Waals surface area (Å²) < 4.78 is 0. The van der Waals surface area contributed by atoms with Gasteiger partial charge in [-0.25, -0.2) is 0 Å². The Morgan fingerprint density at radius 3 is 2.64 bits per heavy atom. The number of anilines is 1. The lowest BCUT2D eigenvalue weighted by molar-refractivity contribution is -0.384. The molecule has 1 aromatic rings. The fourth-order valence-corrected chi connectivity index (χ4v) is 1.35. The van der Waals surface area contributed by atoms with Crippen LogP contribution in [0.15, 0.2) is 18.2 Å². The van der Waals surface area contributed by atoms with E-state index in [1.807, 2.05) is 13.8 Å². The van der Waals surface area contributed by atoms with Gasteiger partial charge >= 0.3 is 0 Å². The van der Waals surface area contributed by atoms with E-state index in [1.165, 1.54) is 6.07 Å². The third-order valence-corrected chi connectivity index (χ3v) is 2.05. The van der Waals surface area contributed by atoms with Gasteiger partial charge in [-0.15, -0.1) is 0 Å². The number of nitrogens with zero attached hydrogens (tertiary/aromatic N) is 1. The van der Waals surface area contributed by atoms with Crippen LogP contribution >= 0.6 is 0 Å². The van der Waals surface area contributed by atoms with Gasteiger partial charge in [0.15, 0.2) is 0 Å². The van der Waals surface area contributed by atoms with Gasteiger partial charge in [0.1, 0.15) is 0 Å². The number of non-ortho nitro benzene ring substituents is 1. The van der Waals surface area contributed by atoms with Gasteiger partial charge in [0.2, 0.25) is 0 Å². The zero-order valence-electron chi connectivity index (χ0n) is 8.41. The molecule has 4 nitrogen and oxygen atoms in total. The van der Waals surface area contributed by atoms with Gasteiger partial charge in [-0.3, -0.25) is 10.1 Å². The number of nitrogens with one attached hydrogen (secondary N) is 1. The van der Waals surface area contributed by atoms with Gasteiger partial charge in [0.05, 0.1) is 4.92 Å². The van der Waals surface area contributed by atoms with E-state index in [9.17, 15) is 10.1 Å². The van der Waals surface area contributed by atoms with E-state index in [-0.39, 0.29) is 10.6 Å². The number of rotatable bonds is 4. The largest absolute Gasteiger partial charge is 0.385 e. The van der Waals surface area contributed by atoms with Gasteiger partial charge in [-0.05, 0) is 25.0 Å². The number of nitro benzene ring substituents is 1. The number of nitro groups is 1. The van der Waals surface area contributed by atoms with Crippen LogP contribution in [-0.4, -0.2) is 11.5 Å². The average molecular weight is 194 g/mol. The molecule has 0 radical (unpaired) electrons. The normalized spacial score (nSPS) is 9.86. The zero-order chi connectivity index (χ0) is 10.6. The van der Waals surface area contributed by atoms with Crippen LogP contribution in [0.2, 0.25) is 0 Å². The van der Waals surface area contributed by atoms with E-state index < -0.39 is 0 Å². The molecular formula is C10H14N2O2. The molecule has 0 aliphatic heterocycles. The summed E-state index contributed by atoms with van der Waals surface area (Å²) >= 11 is 0. The first kappa shape index (κ1) is 10.5. The average Bonchev–Trinajstić information content (AvgIpc) is 2.18. The van der Waals surface area contributed by atoms with E-state index in [4.69, 9.17) is 0 Å². The molecule has 0 bridgehead atoms. The maximum atomic E-state index is 10.5. The van der Waals surface area contributed by atoms with Crippen molar-refractivity contribution >= 4 is 11.4 Å². The van der Waals surface area contributed by atoms with Gasteiger partial charge in [-0.1, -0.05) is 6.92 Å². The smallest absolute Gasteiger partial charge is 0.269 e. The number of hydrogen-bond acceptors (Lipinski definition) is 3. The number of hydrogen-bond donors (Lipinski definition) is 1. The standard InChI is InChI=1S/C10H14N2O2/c1-3-8-7-9(12(13)14)5-6-10(8)11-4-2/h5-7,11H,3-4H2,1-2H3. The highest BCUT2D eigenvalue weighted by atomic mass is 16.6. The van der Waals surface area contributed by atoms with Crippen molar-refractivity contribution in [2.75, 3.05) is 11.9 Å². The molecule has 0 atom stereocenters. The van der Waals surface area contributed by atoms with Crippen molar-refractivity contribution in [3.63, 3.8) is 0 Å². The fourth-order valence-electron chi connectivity index (χ4n) is 1.35. The van der Waals surface area contributed by atoms with Crippen molar-refractivity contribution in [3.8, 4) is 0 Å². The van der Waals surface area contributed by atoms with Crippen molar-refractivity contribution in [2.45, 2.75) is 20.3 Å². The minimum Gasteiger partial charge on any atom is -0.385 e. The third kappa shape index (κ3) is 2.22. The Morgan fingerprint density at radius 1 is 1.43 bits per heavy atom. The monoisotopic (exact) mass is 194 g/mol. The molecule has 1 N–H and O–H groups in total. The van der Waals surface area contributed by atoms with E-state index >= 15 is 0 Å². The Labute approximate surface area is 83.1 Å². The van der Waals surface area contributed by atoms with Crippen molar-refractivity contribution in [3.05, 3.63) is 33.9 Å². The highest BCUT2D eigenvalue weighted by Crippen LogP contribution is 2.22. The Balaban J connectivity index is 3.04. The summed E-state index contributed by atoms with van der Waals surface area (Å²) in [5.41, 5.74) is 2.13. The van der Waals surface area contributed by atoms with E-state index in [2.05, 4.69) is 5.32 Å². The topological polar surface area (TPSA) is 55.2 Å². The van der Waals surface area contributed by atoms with Gasteiger partial charge in [0.25, 0.3) is 5.69 Å². The molecule has 4 heteroatoms. The summed E-state index contributed by atoms with van der Waals surface area (Å²) in [4.78, 5) is 10.2. The Morgan fingerprint density at radius 2 is 2.14 bits per heavy atom. The molecule has 0 fully saturated rings. The Hall–Kier alpha value is -1.58. The summed E-state index contributed by atoms with van der Waals surface area (Å²) in [6, 6.07) is 4.91. The molecule has 0 aliphatic carbocycles. The van der Waals surface area contributed by atoms with Crippen LogP contribution in [-0.2, 0) is 6.42 Å². The molecule has 1 rings (SSSR count). The van der Waals surface area contributed by atoms with Crippen LogP contribution in [0.1, 0.15) is 19.4 Å². The van der Waals surface area contributed by atoms with Crippen LogP contribution < -0.4 is 5.32 Å². The summed E-state index contributed by atoms with van der Waals surface area (Å²) in [5.74, 6) is 0. The third-order valence-electron chi connectivity index (χ3n) is 2.05. The molecule has 0 spiro atoms. The van der Waals surface area contributed by atoms with Gasteiger partial charge < -0.3 is 5.32 Å². The summed E-state index contributed by atoms with van der Waals surface area (Å²) in [5, 5.41) is 13.7. The molecule has 1 aromatic carbocycles. The first-order valence-corrected chi connectivity index (χ1v) is 4.70. The molecule has 0 saturated heterocycles.